The first-order chi connectivity index (χ1) is 4.95. The van der Waals surface area contributed by atoms with Crippen molar-refractivity contribution in [2.75, 3.05) is 26.7 Å². The molecule has 0 unspecified atom stereocenters. The van der Waals surface area contributed by atoms with Crippen LogP contribution in [0.1, 0.15) is 19.3 Å². The van der Waals surface area contributed by atoms with E-state index < -0.39 is 0 Å². The van der Waals surface area contributed by atoms with E-state index in [-0.39, 0.29) is 29.6 Å². The summed E-state index contributed by atoms with van der Waals surface area (Å²) in [6.45, 7) is 4.07. The minimum Gasteiger partial charge on any atom is -0.400 e. The number of aliphatic hydroxyl groups is 1. The van der Waals surface area contributed by atoms with E-state index >= 15 is 0 Å². The molecule has 0 spiro atoms. The van der Waals surface area contributed by atoms with Gasteiger partial charge in [-0.05, 0) is 19.6 Å². The summed E-state index contributed by atoms with van der Waals surface area (Å²) in [5.41, 5.74) is 0. The van der Waals surface area contributed by atoms with Crippen molar-refractivity contribution in [3.63, 3.8) is 0 Å². The average Bonchev–Trinajstić information content (AvgIpc) is 2.11. The fourth-order valence-electron chi connectivity index (χ4n) is 1.66. The zero-order chi connectivity index (χ0) is 7.40. The van der Waals surface area contributed by atoms with Crippen LogP contribution in [-0.4, -0.2) is 36.8 Å². The molecule has 0 saturated carbocycles. The van der Waals surface area contributed by atoms with E-state index in [4.69, 9.17) is 5.11 Å². The third kappa shape index (κ3) is 3.43. The molecule has 3 aliphatic rings. The molecule has 0 radical (unpaired) electrons. The molecule has 2 bridgehead atoms. The molecular weight excluding hydrogens is 149 g/mol. The summed E-state index contributed by atoms with van der Waals surface area (Å²) in [4.78, 5) is 2.56. The molecule has 1 N–H and O–H groups in total. The summed E-state index contributed by atoms with van der Waals surface area (Å²) >= 11 is 0. The molecule has 0 aromatic heterocycles. The number of hydrogen-bond acceptors (Lipinski definition) is 2. The maximum Gasteiger partial charge on any atom is 1.00 e. The first-order valence-corrected chi connectivity index (χ1v) is 3.96. The molecule has 3 fully saturated rings. The summed E-state index contributed by atoms with van der Waals surface area (Å²) in [5, 5.41) is 7.00. The Morgan fingerprint density at radius 1 is 1.00 bits per heavy atom. The number of aliphatic hydroxyl groups excluding tert-OH is 1. The summed E-state index contributed by atoms with van der Waals surface area (Å²) in [6, 6.07) is 0. The molecule has 0 aromatic rings. The second-order valence-electron chi connectivity index (χ2n) is 2.84. The van der Waals surface area contributed by atoms with Crippen LogP contribution in [0.5, 0.6) is 0 Å². The maximum absolute atomic E-state index is 7.00. The molecule has 3 rings (SSSR count). The van der Waals surface area contributed by atoms with Gasteiger partial charge >= 0.3 is 29.6 Å². The van der Waals surface area contributed by atoms with Gasteiger partial charge in [-0.2, -0.15) is 19.3 Å². The Bertz CT molecular complexity index is 69.1. The monoisotopic (exact) mass is 165 g/mol. The smallest absolute Gasteiger partial charge is 0.400 e. The van der Waals surface area contributed by atoms with Crippen molar-refractivity contribution in [3.8, 4) is 0 Å². The second-order valence-corrected chi connectivity index (χ2v) is 2.84. The van der Waals surface area contributed by atoms with Gasteiger partial charge in [0.1, 0.15) is 0 Å². The maximum atomic E-state index is 7.00. The Morgan fingerprint density at radius 2 is 1.36 bits per heavy atom. The fourth-order valence-corrected chi connectivity index (χ4v) is 1.66. The van der Waals surface area contributed by atoms with Crippen molar-refractivity contribution in [1.29, 1.82) is 0 Å². The molecule has 0 aromatic carbocycles. The third-order valence-corrected chi connectivity index (χ3v) is 2.34. The minimum atomic E-state index is 0. The van der Waals surface area contributed by atoms with E-state index in [0.717, 1.165) is 7.11 Å². The number of rotatable bonds is 0. The number of piperidine rings is 3. The van der Waals surface area contributed by atoms with Crippen LogP contribution in [0.4, 0.5) is 0 Å². The van der Waals surface area contributed by atoms with Crippen LogP contribution < -0.4 is 29.6 Å². The van der Waals surface area contributed by atoms with Crippen molar-refractivity contribution < 1.29 is 34.7 Å². The molecule has 0 aliphatic carbocycles. The first kappa shape index (κ1) is 11.9. The van der Waals surface area contributed by atoms with Crippen LogP contribution in [0.3, 0.4) is 0 Å². The van der Waals surface area contributed by atoms with E-state index in [0.29, 0.717) is 0 Å². The summed E-state index contributed by atoms with van der Waals surface area (Å²) in [6.07, 6.45) is 4.21. The molecule has 60 valence electrons. The first-order valence-electron chi connectivity index (χ1n) is 3.96. The fraction of sp³-hybridized carbons (Fsp3) is 0.875. The van der Waals surface area contributed by atoms with Gasteiger partial charge in [0.2, 0.25) is 0 Å². The van der Waals surface area contributed by atoms with E-state index in [1.807, 2.05) is 5.92 Å². The van der Waals surface area contributed by atoms with Gasteiger partial charge in [0.25, 0.3) is 0 Å². The Balaban J connectivity index is 0.000000311. The van der Waals surface area contributed by atoms with E-state index in [1.54, 1.807) is 0 Å². The van der Waals surface area contributed by atoms with Gasteiger partial charge in [-0.3, -0.25) is 0 Å². The van der Waals surface area contributed by atoms with Crippen molar-refractivity contribution in [3.05, 3.63) is 5.92 Å². The molecule has 2 nitrogen and oxygen atoms in total. The van der Waals surface area contributed by atoms with Gasteiger partial charge in [0, 0.05) is 7.11 Å². The normalized spacial score (nSPS) is 23.5. The Morgan fingerprint density at radius 3 is 1.45 bits per heavy atom. The number of fused-ring (bicyclic) bond motifs is 3. The van der Waals surface area contributed by atoms with Gasteiger partial charge < -0.3 is 15.9 Å². The Hall–Kier alpha value is 0.920. The summed E-state index contributed by atoms with van der Waals surface area (Å²) < 4.78 is 0. The molecule has 3 saturated heterocycles. The molecular formula is C8H16NNaO. The topological polar surface area (TPSA) is 23.5 Å². The van der Waals surface area contributed by atoms with E-state index in [9.17, 15) is 0 Å². The van der Waals surface area contributed by atoms with Crippen LogP contribution >= 0.6 is 0 Å². The predicted molar refractivity (Wildman–Crippen MR) is 41.7 cm³/mol. The van der Waals surface area contributed by atoms with Crippen molar-refractivity contribution in [2.45, 2.75) is 19.3 Å². The van der Waals surface area contributed by atoms with Gasteiger partial charge in [0.05, 0.1) is 0 Å². The van der Waals surface area contributed by atoms with Crippen LogP contribution in [0.2, 0.25) is 0 Å². The zero-order valence-electron chi connectivity index (χ0n) is 7.64. The Labute approximate surface area is 91.3 Å². The Kier molecular flexibility index (Phi) is 6.98. The van der Waals surface area contributed by atoms with Crippen LogP contribution in [0, 0.1) is 5.92 Å². The summed E-state index contributed by atoms with van der Waals surface area (Å²) in [7, 11) is 1.00. The third-order valence-electron chi connectivity index (χ3n) is 2.34. The number of hydrogen-bond donors (Lipinski definition) is 1. The van der Waals surface area contributed by atoms with Crippen molar-refractivity contribution in [2.24, 2.45) is 0 Å². The molecule has 3 heterocycles. The minimum absolute atomic E-state index is 0. The quantitative estimate of drug-likeness (QED) is 0.321. The van der Waals surface area contributed by atoms with Crippen LogP contribution in [0.25, 0.3) is 0 Å². The van der Waals surface area contributed by atoms with E-state index in [1.165, 1.54) is 38.9 Å². The van der Waals surface area contributed by atoms with Gasteiger partial charge in [-0.1, -0.05) is 0 Å². The molecule has 11 heavy (non-hydrogen) atoms. The van der Waals surface area contributed by atoms with Crippen molar-refractivity contribution >= 4 is 0 Å². The largest absolute Gasteiger partial charge is 1.00 e. The standard InChI is InChI=1S/C7H12N.CH4O.Na/c1-4-8-5-2-7(1)3-6-8;1-2;/h1-6H2;2H,1H3;/q-1;;+1. The SMILES string of the molecule is C1CN2CC[C-]1CC2.CO.[Na+]. The van der Waals surface area contributed by atoms with Gasteiger partial charge in [-0.25, -0.2) is 0 Å². The van der Waals surface area contributed by atoms with Crippen LogP contribution in [-0.2, 0) is 0 Å². The molecule has 0 atom stereocenters. The molecule has 0 amide bonds. The van der Waals surface area contributed by atoms with Crippen LogP contribution in [0.15, 0.2) is 0 Å². The zero-order valence-corrected chi connectivity index (χ0v) is 9.64. The van der Waals surface area contributed by atoms with Crippen molar-refractivity contribution in [1.82, 2.24) is 4.90 Å². The van der Waals surface area contributed by atoms with Gasteiger partial charge in [-0.15, -0.1) is 0 Å². The second kappa shape index (κ2) is 6.44. The molecule has 3 aliphatic heterocycles. The number of nitrogens with zero attached hydrogens (tertiary/aromatic N) is 1. The van der Waals surface area contributed by atoms with Gasteiger partial charge in [0.15, 0.2) is 0 Å². The predicted octanol–water partition coefficient (Wildman–Crippen LogP) is -2.33. The molecule has 3 heteroatoms. The average molecular weight is 165 g/mol. The summed E-state index contributed by atoms with van der Waals surface area (Å²) in [5.74, 6) is 1.83. The van der Waals surface area contributed by atoms with E-state index in [2.05, 4.69) is 4.90 Å².